The fourth-order valence-electron chi connectivity index (χ4n) is 4.03. The van der Waals surface area contributed by atoms with Gasteiger partial charge in [-0.1, -0.05) is 6.92 Å². The average molecular weight is 383 g/mol. The molecule has 2 aromatic rings. The molecule has 0 aliphatic carbocycles. The van der Waals surface area contributed by atoms with E-state index in [4.69, 9.17) is 9.72 Å². The average Bonchev–Trinajstić information content (AvgIpc) is 2.69. The first kappa shape index (κ1) is 19.0. The lowest BCUT2D eigenvalue weighted by Crippen LogP contribution is -2.44. The molecule has 0 amide bonds. The second kappa shape index (κ2) is 7.93. The van der Waals surface area contributed by atoms with Crippen LogP contribution in [-0.2, 0) is 10.2 Å². The molecule has 1 atom stereocenters. The van der Waals surface area contributed by atoms with Crippen molar-refractivity contribution in [1.82, 2.24) is 14.9 Å². The minimum Gasteiger partial charge on any atom is -0.384 e. The largest absolute Gasteiger partial charge is 0.384 e. The zero-order chi connectivity index (χ0) is 19.6. The van der Waals surface area contributed by atoms with Crippen molar-refractivity contribution < 1.29 is 4.74 Å². The normalized spacial score (nSPS) is 22.5. The van der Waals surface area contributed by atoms with E-state index in [0.29, 0.717) is 12.6 Å². The van der Waals surface area contributed by atoms with Crippen molar-refractivity contribution in [2.45, 2.75) is 18.8 Å². The Bertz CT molecular complexity index is 803. The number of benzene rings is 1. The highest BCUT2D eigenvalue weighted by molar-refractivity contribution is 5.61. The van der Waals surface area contributed by atoms with Gasteiger partial charge in [-0.05, 0) is 37.7 Å². The molecule has 2 aliphatic rings. The van der Waals surface area contributed by atoms with E-state index in [2.05, 4.69) is 63.7 Å². The van der Waals surface area contributed by atoms with Gasteiger partial charge in [-0.3, -0.25) is 0 Å². The van der Waals surface area contributed by atoms with E-state index in [1.165, 1.54) is 5.69 Å². The highest BCUT2D eigenvalue weighted by atomic mass is 16.5. The Balaban J connectivity index is 1.46. The second-order valence-electron chi connectivity index (χ2n) is 8.09. The molecule has 3 heterocycles. The van der Waals surface area contributed by atoms with Gasteiger partial charge in [-0.2, -0.15) is 4.98 Å². The van der Waals surface area contributed by atoms with E-state index in [0.717, 1.165) is 56.2 Å². The highest BCUT2D eigenvalue weighted by Crippen LogP contribution is 2.36. The summed E-state index contributed by atoms with van der Waals surface area (Å²) >= 11 is 0. The lowest BCUT2D eigenvalue weighted by molar-refractivity contribution is 0.133. The molecule has 1 fully saturated rings. The molecule has 0 spiro atoms. The summed E-state index contributed by atoms with van der Waals surface area (Å²) in [5.74, 6) is 1.51. The second-order valence-corrected chi connectivity index (χ2v) is 8.09. The van der Waals surface area contributed by atoms with E-state index < -0.39 is 0 Å². The number of ether oxygens (including phenoxy) is 1. The van der Waals surface area contributed by atoms with Crippen molar-refractivity contribution in [1.29, 1.82) is 0 Å². The van der Waals surface area contributed by atoms with Crippen molar-refractivity contribution in [2.75, 3.05) is 69.0 Å². The van der Waals surface area contributed by atoms with Gasteiger partial charge in [0, 0.05) is 68.4 Å². The Morgan fingerprint density at radius 2 is 1.93 bits per heavy atom. The van der Waals surface area contributed by atoms with Crippen LogP contribution in [0.15, 0.2) is 30.5 Å². The zero-order valence-electron chi connectivity index (χ0n) is 17.0. The SMILES string of the molecule is COC[C@]1(C)CCNc2nc(Nc3ccc(N4CCN(C)CC4)cc3)ncc21. The minimum atomic E-state index is -0.0436. The molecule has 28 heavy (non-hydrogen) atoms. The third kappa shape index (κ3) is 3.91. The fraction of sp³-hybridized carbons (Fsp3) is 0.524. The van der Waals surface area contributed by atoms with Crippen LogP contribution in [0.2, 0.25) is 0 Å². The summed E-state index contributed by atoms with van der Waals surface area (Å²) in [7, 11) is 3.92. The molecular formula is C21H30N6O. The van der Waals surface area contributed by atoms with Crippen LogP contribution >= 0.6 is 0 Å². The molecular weight excluding hydrogens is 352 g/mol. The highest BCUT2D eigenvalue weighted by Gasteiger charge is 2.33. The summed E-state index contributed by atoms with van der Waals surface area (Å²) in [6, 6.07) is 8.53. The summed E-state index contributed by atoms with van der Waals surface area (Å²) in [4.78, 5) is 14.1. The summed E-state index contributed by atoms with van der Waals surface area (Å²) < 4.78 is 5.43. The first-order valence-corrected chi connectivity index (χ1v) is 9.98. The molecule has 0 saturated carbocycles. The third-order valence-corrected chi connectivity index (χ3v) is 5.86. The van der Waals surface area contributed by atoms with Crippen molar-refractivity contribution >= 4 is 23.1 Å². The predicted octanol–water partition coefficient (Wildman–Crippen LogP) is 2.69. The topological polar surface area (TPSA) is 65.6 Å². The number of hydrogen-bond acceptors (Lipinski definition) is 7. The van der Waals surface area contributed by atoms with Gasteiger partial charge in [0.1, 0.15) is 5.82 Å². The van der Waals surface area contributed by atoms with E-state index in [9.17, 15) is 0 Å². The molecule has 150 valence electrons. The molecule has 1 saturated heterocycles. The Morgan fingerprint density at radius 3 is 2.64 bits per heavy atom. The van der Waals surface area contributed by atoms with Crippen LogP contribution in [0.1, 0.15) is 18.9 Å². The van der Waals surface area contributed by atoms with Crippen LogP contribution < -0.4 is 15.5 Å². The Morgan fingerprint density at radius 1 is 1.18 bits per heavy atom. The lowest BCUT2D eigenvalue weighted by Gasteiger charge is -2.35. The number of hydrogen-bond donors (Lipinski definition) is 2. The molecule has 1 aromatic carbocycles. The molecule has 7 nitrogen and oxygen atoms in total. The van der Waals surface area contributed by atoms with Crippen LogP contribution in [0.25, 0.3) is 0 Å². The van der Waals surface area contributed by atoms with Crippen LogP contribution in [0.3, 0.4) is 0 Å². The first-order valence-electron chi connectivity index (χ1n) is 9.98. The maximum absolute atomic E-state index is 5.43. The number of fused-ring (bicyclic) bond motifs is 1. The van der Waals surface area contributed by atoms with Gasteiger partial charge >= 0.3 is 0 Å². The van der Waals surface area contributed by atoms with E-state index in [-0.39, 0.29) is 5.41 Å². The maximum atomic E-state index is 5.43. The first-order chi connectivity index (χ1) is 13.6. The monoisotopic (exact) mass is 382 g/mol. The number of rotatable bonds is 5. The molecule has 0 bridgehead atoms. The third-order valence-electron chi connectivity index (χ3n) is 5.86. The number of piperazine rings is 1. The smallest absolute Gasteiger partial charge is 0.229 e. The summed E-state index contributed by atoms with van der Waals surface area (Å²) in [5, 5.41) is 6.73. The summed E-state index contributed by atoms with van der Waals surface area (Å²) in [5.41, 5.74) is 3.34. The van der Waals surface area contributed by atoms with Crippen LogP contribution in [0.5, 0.6) is 0 Å². The molecule has 0 unspecified atom stereocenters. The maximum Gasteiger partial charge on any atom is 0.229 e. The number of methoxy groups -OCH3 is 1. The van der Waals surface area contributed by atoms with Crippen molar-refractivity contribution in [3.63, 3.8) is 0 Å². The van der Waals surface area contributed by atoms with Gasteiger partial charge in [0.25, 0.3) is 0 Å². The zero-order valence-corrected chi connectivity index (χ0v) is 17.0. The standard InChI is InChI=1S/C21H30N6O/c1-21(15-28-3)8-9-22-19-18(21)14-23-20(25-19)24-16-4-6-17(7-5-16)27-12-10-26(2)11-13-27/h4-7,14H,8-13,15H2,1-3H3,(H2,22,23,24,25)/t21-/m0/s1. The number of anilines is 4. The van der Waals surface area contributed by atoms with Crippen LogP contribution in [0.4, 0.5) is 23.1 Å². The summed E-state index contributed by atoms with van der Waals surface area (Å²) in [6.45, 7) is 8.14. The predicted molar refractivity (Wildman–Crippen MR) is 114 cm³/mol. The van der Waals surface area contributed by atoms with Crippen LogP contribution in [0, 0.1) is 0 Å². The van der Waals surface area contributed by atoms with Crippen molar-refractivity contribution in [3.05, 3.63) is 36.0 Å². The van der Waals surface area contributed by atoms with Crippen molar-refractivity contribution in [2.24, 2.45) is 0 Å². The van der Waals surface area contributed by atoms with E-state index in [1.807, 2.05) is 6.20 Å². The Labute approximate surface area is 167 Å². The molecule has 0 radical (unpaired) electrons. The molecule has 2 N–H and O–H groups in total. The quantitative estimate of drug-likeness (QED) is 0.824. The number of aromatic nitrogens is 2. The van der Waals surface area contributed by atoms with Gasteiger partial charge in [-0.15, -0.1) is 0 Å². The fourth-order valence-corrected chi connectivity index (χ4v) is 4.03. The van der Waals surface area contributed by atoms with E-state index >= 15 is 0 Å². The number of nitrogens with one attached hydrogen (secondary N) is 2. The van der Waals surface area contributed by atoms with Gasteiger partial charge in [0.05, 0.1) is 6.61 Å². The molecule has 2 aliphatic heterocycles. The lowest BCUT2D eigenvalue weighted by atomic mass is 9.79. The van der Waals surface area contributed by atoms with E-state index in [1.54, 1.807) is 7.11 Å². The molecule has 1 aromatic heterocycles. The van der Waals surface area contributed by atoms with Gasteiger partial charge in [0.15, 0.2) is 0 Å². The van der Waals surface area contributed by atoms with Crippen molar-refractivity contribution in [3.8, 4) is 0 Å². The number of nitrogens with zero attached hydrogens (tertiary/aromatic N) is 4. The summed E-state index contributed by atoms with van der Waals surface area (Å²) in [6.07, 6.45) is 2.94. The van der Waals surface area contributed by atoms with Gasteiger partial charge in [0.2, 0.25) is 5.95 Å². The van der Waals surface area contributed by atoms with Crippen LogP contribution in [-0.4, -0.2) is 68.4 Å². The minimum absolute atomic E-state index is 0.0436. The molecule has 7 heteroatoms. The molecule has 4 rings (SSSR count). The Kier molecular flexibility index (Phi) is 5.37. The van der Waals surface area contributed by atoms with Gasteiger partial charge in [-0.25, -0.2) is 4.98 Å². The Hall–Kier alpha value is -2.38. The van der Waals surface area contributed by atoms with Gasteiger partial charge < -0.3 is 25.2 Å². The number of likely N-dealkylation sites (N-methyl/N-ethyl adjacent to an activating group) is 1.